The van der Waals surface area contributed by atoms with Gasteiger partial charge in [0.25, 0.3) is 5.91 Å². The van der Waals surface area contributed by atoms with Gasteiger partial charge in [0, 0.05) is 16.1 Å². The number of ketones is 1. The zero-order valence-corrected chi connectivity index (χ0v) is 16.2. The first-order chi connectivity index (χ1) is 14.4. The van der Waals surface area contributed by atoms with Crippen LogP contribution in [0, 0.1) is 0 Å². The summed E-state index contributed by atoms with van der Waals surface area (Å²) in [6, 6.07) is 18.7. The summed E-state index contributed by atoms with van der Waals surface area (Å²) >= 11 is 5.82. The zero-order chi connectivity index (χ0) is 21.5. The molecule has 154 valence electrons. The number of carbonyl (C=O) groups is 2. The quantitative estimate of drug-likeness (QED) is 0.498. The van der Waals surface area contributed by atoms with Crippen molar-refractivity contribution in [3.63, 3.8) is 0 Å². The first-order valence-electron chi connectivity index (χ1n) is 8.79. The Morgan fingerprint density at radius 1 is 0.900 bits per heavy atom. The Hall–Kier alpha value is -3.45. The van der Waals surface area contributed by atoms with E-state index in [1.165, 1.54) is 18.2 Å². The lowest BCUT2D eigenvalue weighted by molar-refractivity contribution is -0.118. The largest absolute Gasteiger partial charge is 0.484 e. The number of anilines is 1. The molecule has 1 N–H and O–H groups in total. The molecule has 0 saturated heterocycles. The number of rotatable bonds is 8. The van der Waals surface area contributed by atoms with Crippen LogP contribution in [-0.4, -0.2) is 24.9 Å². The number of benzene rings is 3. The maximum atomic E-state index is 12.4. The predicted octanol–water partition coefficient (Wildman–Crippen LogP) is 5.19. The number of carbonyl (C=O) groups excluding carboxylic acids is 2. The molecule has 0 aliphatic heterocycles. The van der Waals surface area contributed by atoms with Crippen molar-refractivity contribution < 1.29 is 27.8 Å². The molecule has 0 spiro atoms. The van der Waals surface area contributed by atoms with Gasteiger partial charge in [-0.3, -0.25) is 9.59 Å². The third-order valence-electron chi connectivity index (χ3n) is 3.97. The molecule has 1 amide bonds. The summed E-state index contributed by atoms with van der Waals surface area (Å²) in [6.45, 7) is -3.36. The van der Waals surface area contributed by atoms with E-state index in [1.807, 2.05) is 0 Å². The Kier molecular flexibility index (Phi) is 6.98. The van der Waals surface area contributed by atoms with Crippen molar-refractivity contribution >= 4 is 29.0 Å². The summed E-state index contributed by atoms with van der Waals surface area (Å²) < 4.78 is 34.6. The number of ether oxygens (including phenoxy) is 2. The second kappa shape index (κ2) is 9.84. The zero-order valence-electron chi connectivity index (χ0n) is 15.5. The molecule has 0 atom stereocenters. The van der Waals surface area contributed by atoms with Crippen LogP contribution in [0.1, 0.15) is 15.9 Å². The Labute approximate surface area is 176 Å². The van der Waals surface area contributed by atoms with E-state index in [4.69, 9.17) is 16.3 Å². The predicted molar refractivity (Wildman–Crippen MR) is 109 cm³/mol. The highest BCUT2D eigenvalue weighted by Crippen LogP contribution is 2.25. The van der Waals surface area contributed by atoms with Gasteiger partial charge in [-0.15, -0.1) is 0 Å². The van der Waals surface area contributed by atoms with Crippen LogP contribution in [-0.2, 0) is 4.79 Å². The second-order valence-electron chi connectivity index (χ2n) is 6.07. The molecule has 0 fully saturated rings. The molecule has 8 heteroatoms. The maximum Gasteiger partial charge on any atom is 0.387 e. The van der Waals surface area contributed by atoms with Crippen molar-refractivity contribution in [2.75, 3.05) is 11.9 Å². The van der Waals surface area contributed by atoms with Gasteiger partial charge in [0.2, 0.25) is 0 Å². The molecule has 0 bridgehead atoms. The van der Waals surface area contributed by atoms with Gasteiger partial charge in [-0.05, 0) is 60.7 Å². The van der Waals surface area contributed by atoms with E-state index in [0.29, 0.717) is 21.9 Å². The number of amides is 1. The smallest absolute Gasteiger partial charge is 0.387 e. The lowest BCUT2D eigenvalue weighted by Gasteiger charge is -2.12. The third-order valence-corrected chi connectivity index (χ3v) is 4.22. The van der Waals surface area contributed by atoms with E-state index in [1.54, 1.807) is 54.6 Å². The number of nitrogens with one attached hydrogen (secondary N) is 1. The first-order valence-corrected chi connectivity index (χ1v) is 9.17. The summed E-state index contributed by atoms with van der Waals surface area (Å²) in [7, 11) is 0. The Morgan fingerprint density at radius 2 is 1.50 bits per heavy atom. The maximum absolute atomic E-state index is 12.4. The summed E-state index contributed by atoms with van der Waals surface area (Å²) in [4.78, 5) is 24.5. The summed E-state index contributed by atoms with van der Waals surface area (Å²) in [5, 5.41) is 2.99. The van der Waals surface area contributed by atoms with Crippen LogP contribution in [0.4, 0.5) is 14.5 Å². The number of alkyl halides is 2. The van der Waals surface area contributed by atoms with Crippen LogP contribution < -0.4 is 14.8 Å². The Morgan fingerprint density at radius 3 is 2.13 bits per heavy atom. The van der Waals surface area contributed by atoms with E-state index in [-0.39, 0.29) is 23.8 Å². The van der Waals surface area contributed by atoms with Crippen molar-refractivity contribution in [3.05, 3.63) is 88.9 Å². The number of hydrogen-bond acceptors (Lipinski definition) is 4. The molecule has 30 heavy (non-hydrogen) atoms. The molecule has 0 aliphatic carbocycles. The summed E-state index contributed by atoms with van der Waals surface area (Å²) in [5.41, 5.74) is 1.06. The van der Waals surface area contributed by atoms with Crippen molar-refractivity contribution in [2.45, 2.75) is 6.61 Å². The Balaban J connectivity index is 1.57. The average molecular weight is 432 g/mol. The molecule has 0 aliphatic rings. The van der Waals surface area contributed by atoms with E-state index in [2.05, 4.69) is 10.1 Å². The van der Waals surface area contributed by atoms with E-state index >= 15 is 0 Å². The fraction of sp³-hybridized carbons (Fsp3) is 0.0909. The van der Waals surface area contributed by atoms with Gasteiger partial charge in [-0.1, -0.05) is 23.7 Å². The van der Waals surface area contributed by atoms with E-state index in [0.717, 1.165) is 0 Å². The molecule has 5 nitrogen and oxygen atoms in total. The van der Waals surface area contributed by atoms with Crippen molar-refractivity contribution in [3.8, 4) is 11.5 Å². The number of hydrogen-bond donors (Lipinski definition) is 1. The number of para-hydroxylation sites is 2. The van der Waals surface area contributed by atoms with Gasteiger partial charge in [0.15, 0.2) is 12.4 Å². The van der Waals surface area contributed by atoms with Crippen molar-refractivity contribution in [1.29, 1.82) is 0 Å². The molecule has 0 unspecified atom stereocenters. The van der Waals surface area contributed by atoms with Gasteiger partial charge in [-0.2, -0.15) is 8.78 Å². The minimum Gasteiger partial charge on any atom is -0.484 e. The van der Waals surface area contributed by atoms with Gasteiger partial charge < -0.3 is 14.8 Å². The number of halogens is 3. The second-order valence-corrected chi connectivity index (χ2v) is 6.51. The van der Waals surface area contributed by atoms with Gasteiger partial charge in [0.1, 0.15) is 11.5 Å². The van der Waals surface area contributed by atoms with Gasteiger partial charge in [0.05, 0.1) is 5.69 Å². The lowest BCUT2D eigenvalue weighted by Crippen LogP contribution is -2.21. The summed E-state index contributed by atoms with van der Waals surface area (Å²) in [5.74, 6) is -0.505. The lowest BCUT2D eigenvalue weighted by atomic mass is 10.0. The van der Waals surface area contributed by atoms with Crippen LogP contribution in [0.25, 0.3) is 0 Å². The molecule has 3 aromatic rings. The van der Waals surface area contributed by atoms with E-state index < -0.39 is 12.5 Å². The summed E-state index contributed by atoms with van der Waals surface area (Å²) in [6.07, 6.45) is 0. The normalized spacial score (nSPS) is 10.5. The van der Waals surface area contributed by atoms with Crippen molar-refractivity contribution in [1.82, 2.24) is 0 Å². The standard InChI is InChI=1S/C22H16ClF2NO4/c23-16-9-5-14(6-10-16)21(28)15-7-11-17(12-8-15)29-13-20(27)26-18-3-1-2-4-19(18)30-22(24)25/h1-12,22H,13H2,(H,26,27). The molecule has 0 saturated carbocycles. The highest BCUT2D eigenvalue weighted by atomic mass is 35.5. The molecule has 3 rings (SSSR count). The average Bonchev–Trinajstić information content (AvgIpc) is 2.74. The highest BCUT2D eigenvalue weighted by Gasteiger charge is 2.13. The first kappa shape index (κ1) is 21.3. The van der Waals surface area contributed by atoms with Gasteiger partial charge in [-0.25, -0.2) is 0 Å². The highest BCUT2D eigenvalue weighted by molar-refractivity contribution is 6.30. The molecular formula is C22H16ClF2NO4. The van der Waals surface area contributed by atoms with Crippen LogP contribution in [0.3, 0.4) is 0 Å². The van der Waals surface area contributed by atoms with Crippen LogP contribution >= 0.6 is 11.6 Å². The monoisotopic (exact) mass is 431 g/mol. The fourth-order valence-corrected chi connectivity index (χ4v) is 2.70. The molecule has 0 aromatic heterocycles. The third kappa shape index (κ3) is 5.78. The minimum absolute atomic E-state index is 0.107. The topological polar surface area (TPSA) is 64.6 Å². The SMILES string of the molecule is O=C(COc1ccc(C(=O)c2ccc(Cl)cc2)cc1)Nc1ccccc1OC(F)F. The fourth-order valence-electron chi connectivity index (χ4n) is 2.57. The Bertz CT molecular complexity index is 1020. The molecule has 3 aromatic carbocycles. The van der Waals surface area contributed by atoms with Crippen LogP contribution in [0.2, 0.25) is 5.02 Å². The van der Waals surface area contributed by atoms with E-state index in [9.17, 15) is 18.4 Å². The van der Waals surface area contributed by atoms with Crippen LogP contribution in [0.5, 0.6) is 11.5 Å². The molecule has 0 radical (unpaired) electrons. The molecule has 0 heterocycles. The van der Waals surface area contributed by atoms with Crippen LogP contribution in [0.15, 0.2) is 72.8 Å². The van der Waals surface area contributed by atoms with Crippen molar-refractivity contribution in [2.24, 2.45) is 0 Å². The minimum atomic E-state index is -3.01. The van der Waals surface area contributed by atoms with Gasteiger partial charge >= 0.3 is 6.61 Å². The molecular weight excluding hydrogens is 416 g/mol.